The van der Waals surface area contributed by atoms with Crippen LogP contribution in [0.25, 0.3) is 0 Å². The highest BCUT2D eigenvalue weighted by Gasteiger charge is 2.49. The Bertz CT molecular complexity index is 566. The lowest BCUT2D eigenvalue weighted by Gasteiger charge is -2.27. The number of alkyl carbamates (subject to hydrolysis) is 1. The minimum Gasteiger partial charge on any atom is -0.497 e. The van der Waals surface area contributed by atoms with E-state index in [4.69, 9.17) is 14.6 Å². The molecule has 0 aromatic heterocycles. The number of carboxylic acids is 1. The van der Waals surface area contributed by atoms with Gasteiger partial charge in [-0.3, -0.25) is 0 Å². The molecule has 0 spiro atoms. The first-order chi connectivity index (χ1) is 10.5. The SMILES string of the molecule is COc1ccc(C(NC(=O)OC(C)(C)C)C(F)(F)C(=O)O)cc1. The maximum Gasteiger partial charge on any atom is 0.408 e. The molecule has 6 nitrogen and oxygen atoms in total. The molecule has 1 rings (SSSR count). The van der Waals surface area contributed by atoms with Crippen molar-refractivity contribution in [2.24, 2.45) is 0 Å². The molecular formula is C15H19F2NO5. The van der Waals surface area contributed by atoms with Crippen molar-refractivity contribution in [2.45, 2.75) is 38.3 Å². The molecule has 0 saturated heterocycles. The summed E-state index contributed by atoms with van der Waals surface area (Å²) in [7, 11) is 1.40. The highest BCUT2D eigenvalue weighted by molar-refractivity contribution is 5.78. The number of carbonyl (C=O) groups excluding carboxylic acids is 1. The zero-order valence-corrected chi connectivity index (χ0v) is 13.2. The molecule has 0 heterocycles. The van der Waals surface area contributed by atoms with Crippen molar-refractivity contribution < 1.29 is 33.0 Å². The number of carbonyl (C=O) groups is 2. The molecule has 23 heavy (non-hydrogen) atoms. The Balaban J connectivity index is 3.11. The van der Waals surface area contributed by atoms with Crippen molar-refractivity contribution >= 4 is 12.1 Å². The monoisotopic (exact) mass is 331 g/mol. The van der Waals surface area contributed by atoms with Gasteiger partial charge in [0.2, 0.25) is 0 Å². The van der Waals surface area contributed by atoms with E-state index in [-0.39, 0.29) is 5.56 Å². The molecule has 1 aromatic carbocycles. The molecule has 2 N–H and O–H groups in total. The third-order valence-corrected chi connectivity index (χ3v) is 2.76. The van der Waals surface area contributed by atoms with Crippen LogP contribution in [0, 0.1) is 0 Å². The largest absolute Gasteiger partial charge is 0.497 e. The fraction of sp³-hybridized carbons (Fsp3) is 0.467. The van der Waals surface area contributed by atoms with Crippen molar-refractivity contribution in [1.82, 2.24) is 5.32 Å². The summed E-state index contributed by atoms with van der Waals surface area (Å²) in [6.07, 6.45) is -1.14. The molecule has 0 aliphatic carbocycles. The minimum atomic E-state index is -4.22. The molecule has 0 radical (unpaired) electrons. The van der Waals surface area contributed by atoms with E-state index in [1.54, 1.807) is 20.8 Å². The van der Waals surface area contributed by atoms with Gasteiger partial charge in [-0.25, -0.2) is 9.59 Å². The van der Waals surface area contributed by atoms with E-state index in [0.29, 0.717) is 5.75 Å². The maximum absolute atomic E-state index is 14.0. The van der Waals surface area contributed by atoms with Crippen LogP contribution in [0.1, 0.15) is 32.4 Å². The maximum atomic E-state index is 14.0. The Kier molecular flexibility index (Phi) is 5.52. The molecule has 1 unspecified atom stereocenters. The van der Waals surface area contributed by atoms with Gasteiger partial charge >= 0.3 is 18.0 Å². The summed E-state index contributed by atoms with van der Waals surface area (Å²) >= 11 is 0. The van der Waals surface area contributed by atoms with Gasteiger partial charge in [0.25, 0.3) is 0 Å². The van der Waals surface area contributed by atoms with E-state index in [0.717, 1.165) is 0 Å². The first-order valence-electron chi connectivity index (χ1n) is 6.72. The summed E-state index contributed by atoms with van der Waals surface area (Å²) in [5.74, 6) is -6.16. The number of benzene rings is 1. The Morgan fingerprint density at radius 2 is 1.70 bits per heavy atom. The molecule has 0 fully saturated rings. The van der Waals surface area contributed by atoms with Crippen LogP contribution in [0.5, 0.6) is 5.75 Å². The fourth-order valence-electron chi connectivity index (χ4n) is 1.73. The number of nitrogens with one attached hydrogen (secondary N) is 1. The zero-order valence-electron chi connectivity index (χ0n) is 13.2. The lowest BCUT2D eigenvalue weighted by atomic mass is 10.0. The molecular weight excluding hydrogens is 312 g/mol. The average Bonchev–Trinajstić information content (AvgIpc) is 2.42. The molecule has 0 aliphatic heterocycles. The first-order valence-corrected chi connectivity index (χ1v) is 6.72. The van der Waals surface area contributed by atoms with Gasteiger partial charge in [-0.15, -0.1) is 0 Å². The second kappa shape index (κ2) is 6.80. The minimum absolute atomic E-state index is 0.0935. The van der Waals surface area contributed by atoms with Gasteiger partial charge < -0.3 is 19.9 Å². The summed E-state index contributed by atoms with van der Waals surface area (Å²) in [4.78, 5) is 22.6. The number of hydrogen-bond donors (Lipinski definition) is 2. The van der Waals surface area contributed by atoms with Crippen LogP contribution in [0.3, 0.4) is 0 Å². The predicted octanol–water partition coefficient (Wildman–Crippen LogP) is 2.98. The third kappa shape index (κ3) is 5.08. The highest BCUT2D eigenvalue weighted by atomic mass is 19.3. The number of alkyl halides is 2. The Morgan fingerprint density at radius 3 is 2.09 bits per heavy atom. The average molecular weight is 331 g/mol. The van der Waals surface area contributed by atoms with Crippen LogP contribution in [0.2, 0.25) is 0 Å². The van der Waals surface area contributed by atoms with Gasteiger partial charge in [-0.05, 0) is 38.5 Å². The number of hydrogen-bond acceptors (Lipinski definition) is 4. The number of amides is 1. The van der Waals surface area contributed by atoms with Crippen molar-refractivity contribution in [3.8, 4) is 5.75 Å². The lowest BCUT2D eigenvalue weighted by molar-refractivity contribution is -0.169. The van der Waals surface area contributed by atoms with Gasteiger partial charge in [0.05, 0.1) is 7.11 Å². The van der Waals surface area contributed by atoms with E-state index < -0.39 is 29.6 Å². The number of aliphatic carboxylic acids is 1. The topological polar surface area (TPSA) is 84.9 Å². The van der Waals surface area contributed by atoms with Crippen LogP contribution < -0.4 is 10.1 Å². The normalized spacial score (nSPS) is 13.1. The van der Waals surface area contributed by atoms with Crippen LogP contribution in [0.4, 0.5) is 13.6 Å². The number of carboxylic acid groups (broad SMARTS) is 1. The molecule has 0 aliphatic rings. The van der Waals surface area contributed by atoms with E-state index in [1.165, 1.54) is 31.4 Å². The molecule has 8 heteroatoms. The summed E-state index contributed by atoms with van der Waals surface area (Å²) in [5.41, 5.74) is -1.00. The van der Waals surface area contributed by atoms with E-state index in [9.17, 15) is 18.4 Å². The molecule has 0 saturated carbocycles. The quantitative estimate of drug-likeness (QED) is 0.866. The van der Waals surface area contributed by atoms with Gasteiger partial charge in [0.1, 0.15) is 17.4 Å². The molecule has 128 valence electrons. The van der Waals surface area contributed by atoms with E-state index in [1.807, 2.05) is 5.32 Å². The van der Waals surface area contributed by atoms with Crippen LogP contribution >= 0.6 is 0 Å². The number of methoxy groups -OCH3 is 1. The fourth-order valence-corrected chi connectivity index (χ4v) is 1.73. The smallest absolute Gasteiger partial charge is 0.408 e. The Hall–Kier alpha value is -2.38. The van der Waals surface area contributed by atoms with Gasteiger partial charge in [0, 0.05) is 0 Å². The van der Waals surface area contributed by atoms with Crippen molar-refractivity contribution in [3.05, 3.63) is 29.8 Å². The van der Waals surface area contributed by atoms with Crippen LogP contribution in [-0.4, -0.2) is 35.8 Å². The molecule has 1 aromatic rings. The van der Waals surface area contributed by atoms with Gasteiger partial charge in [-0.2, -0.15) is 8.78 Å². The summed E-state index contributed by atoms with van der Waals surface area (Å²) in [5, 5.41) is 10.7. The molecule has 1 atom stereocenters. The summed E-state index contributed by atoms with van der Waals surface area (Å²) in [6, 6.07) is 3.18. The number of halogens is 2. The van der Waals surface area contributed by atoms with Crippen LogP contribution in [-0.2, 0) is 9.53 Å². The highest BCUT2D eigenvalue weighted by Crippen LogP contribution is 2.33. The standard InChI is InChI=1S/C15H19F2NO5/c1-14(2,3)23-13(21)18-11(15(16,17)12(19)20)9-5-7-10(22-4)8-6-9/h5-8,11H,1-4H3,(H,18,21)(H,19,20). The second-order valence-electron chi connectivity index (χ2n) is 5.78. The summed E-state index contributed by atoms with van der Waals surface area (Å²) in [6.45, 7) is 4.68. The molecule has 1 amide bonds. The second-order valence-corrected chi connectivity index (χ2v) is 5.78. The predicted molar refractivity (Wildman–Crippen MR) is 77.7 cm³/mol. The van der Waals surface area contributed by atoms with E-state index >= 15 is 0 Å². The van der Waals surface area contributed by atoms with Crippen LogP contribution in [0.15, 0.2) is 24.3 Å². The van der Waals surface area contributed by atoms with E-state index in [2.05, 4.69) is 0 Å². The summed E-state index contributed by atoms with van der Waals surface area (Å²) < 4.78 is 37.8. The van der Waals surface area contributed by atoms with Gasteiger partial charge in [-0.1, -0.05) is 12.1 Å². The Labute approximate surface area is 132 Å². The Morgan fingerprint density at radius 1 is 1.17 bits per heavy atom. The first kappa shape index (κ1) is 18.7. The third-order valence-electron chi connectivity index (χ3n) is 2.76. The van der Waals surface area contributed by atoms with Gasteiger partial charge in [0.15, 0.2) is 0 Å². The number of ether oxygens (including phenoxy) is 2. The van der Waals surface area contributed by atoms with Crippen molar-refractivity contribution in [3.63, 3.8) is 0 Å². The van der Waals surface area contributed by atoms with Crippen molar-refractivity contribution in [1.29, 1.82) is 0 Å². The molecule has 0 bridgehead atoms. The van der Waals surface area contributed by atoms with Crippen molar-refractivity contribution in [2.75, 3.05) is 7.11 Å². The number of rotatable bonds is 5. The lowest BCUT2D eigenvalue weighted by Crippen LogP contribution is -2.46. The zero-order chi connectivity index (χ0) is 17.8.